The molecule has 6 nitrogen and oxygen atoms in total. The zero-order chi connectivity index (χ0) is 24.9. The maximum atomic E-state index is 11.8. The number of nitrogens with zero attached hydrogens (tertiary/aromatic N) is 3. The first-order chi connectivity index (χ1) is 17.4. The van der Waals surface area contributed by atoms with Crippen LogP contribution in [0.25, 0.3) is 33.4 Å². The second-order valence-electron chi connectivity index (χ2n) is 10.4. The van der Waals surface area contributed by atoms with Crippen LogP contribution in [-0.2, 0) is 22.7 Å². The number of hydrogen-bond donors (Lipinski definition) is 1. The van der Waals surface area contributed by atoms with Crippen LogP contribution in [0, 0.1) is 0 Å². The molecule has 1 fully saturated rings. The minimum Gasteiger partial charge on any atom is -0.298 e. The fraction of sp³-hybridized carbons (Fsp3) is 0.379. The second-order valence-corrected chi connectivity index (χ2v) is 12.4. The molecule has 3 heterocycles. The zero-order valence-electron chi connectivity index (χ0n) is 20.9. The van der Waals surface area contributed by atoms with Gasteiger partial charge < -0.3 is 0 Å². The fourth-order valence-corrected chi connectivity index (χ4v) is 6.67. The predicted molar refractivity (Wildman–Crippen MR) is 144 cm³/mol. The minimum atomic E-state index is -3.24. The van der Waals surface area contributed by atoms with Crippen LogP contribution in [0.3, 0.4) is 0 Å². The monoisotopic (exact) mass is 500 g/mol. The lowest BCUT2D eigenvalue weighted by Crippen LogP contribution is -2.37. The van der Waals surface area contributed by atoms with E-state index >= 15 is 0 Å². The quantitative estimate of drug-likeness (QED) is 0.378. The summed E-state index contributed by atoms with van der Waals surface area (Å²) in [5.74, 6) is 0. The normalized spacial score (nSPS) is 20.9. The van der Waals surface area contributed by atoms with Gasteiger partial charge in [0.15, 0.2) is 15.5 Å². The first-order valence-electron chi connectivity index (χ1n) is 12.9. The third kappa shape index (κ3) is 4.35. The van der Waals surface area contributed by atoms with Crippen LogP contribution < -0.4 is 0 Å². The van der Waals surface area contributed by atoms with Gasteiger partial charge in [-0.25, -0.2) is 13.4 Å². The van der Waals surface area contributed by atoms with Crippen molar-refractivity contribution in [2.45, 2.75) is 62.4 Å². The molecule has 186 valence electrons. The number of aromatic amines is 1. The number of fused-ring (bicyclic) bond motifs is 2. The molecule has 1 saturated heterocycles. The van der Waals surface area contributed by atoms with E-state index in [9.17, 15) is 8.42 Å². The highest BCUT2D eigenvalue weighted by atomic mass is 32.2. The van der Waals surface area contributed by atoms with Crippen molar-refractivity contribution in [3.8, 4) is 22.4 Å². The van der Waals surface area contributed by atoms with E-state index < -0.39 is 9.84 Å². The highest BCUT2D eigenvalue weighted by molar-refractivity contribution is 7.90. The third-order valence-corrected chi connectivity index (χ3v) is 9.21. The summed E-state index contributed by atoms with van der Waals surface area (Å²) < 4.78 is 23.7. The van der Waals surface area contributed by atoms with Crippen molar-refractivity contribution in [2.24, 2.45) is 0 Å². The SMILES string of the molecule is C[C@@H]1CCCN1C1CCc2ccc(-c3cnc4[nH]nc(-c5ccc(S(C)(=O)=O)cc5)c4c3)cc2CC1. The largest absolute Gasteiger partial charge is 0.298 e. The smallest absolute Gasteiger partial charge is 0.175 e. The Hall–Kier alpha value is -3.03. The number of likely N-dealkylation sites (tertiary alicyclic amines) is 1. The molecular weight excluding hydrogens is 468 g/mol. The molecule has 4 aromatic rings. The summed E-state index contributed by atoms with van der Waals surface area (Å²) in [5.41, 5.74) is 7.54. The van der Waals surface area contributed by atoms with Crippen molar-refractivity contribution in [3.05, 3.63) is 65.9 Å². The molecule has 2 aromatic carbocycles. The molecule has 2 aliphatic rings. The number of H-pyrrole nitrogens is 1. The van der Waals surface area contributed by atoms with E-state index in [1.807, 2.05) is 6.20 Å². The standard InChI is InChI=1S/C29H32N4O2S/c1-19-4-3-15-33(19)25-11-7-20-5-6-23(16-22(20)8-12-25)24-17-27-28(31-32-29(27)30-18-24)21-9-13-26(14-10-21)36(2,34)35/h5-6,9-10,13-14,16-19,25H,3-4,7-8,11-12,15H2,1-2H3,(H,30,31,32)/t19-,25?/m1/s1. The molecule has 0 saturated carbocycles. The van der Waals surface area contributed by atoms with Crippen LogP contribution in [0.15, 0.2) is 59.6 Å². The lowest BCUT2D eigenvalue weighted by Gasteiger charge is -2.30. The third-order valence-electron chi connectivity index (χ3n) is 8.08. The van der Waals surface area contributed by atoms with Gasteiger partial charge in [0.2, 0.25) is 0 Å². The number of nitrogens with one attached hydrogen (secondary N) is 1. The molecule has 0 spiro atoms. The van der Waals surface area contributed by atoms with Gasteiger partial charge in [-0.05, 0) is 86.9 Å². The summed E-state index contributed by atoms with van der Waals surface area (Å²) in [6.45, 7) is 3.64. The molecule has 0 amide bonds. The molecule has 1 aliphatic carbocycles. The van der Waals surface area contributed by atoms with Gasteiger partial charge >= 0.3 is 0 Å². The molecule has 2 atom stereocenters. The predicted octanol–water partition coefficient (Wildman–Crippen LogP) is 5.43. The van der Waals surface area contributed by atoms with E-state index in [-0.39, 0.29) is 0 Å². The van der Waals surface area contributed by atoms with E-state index in [4.69, 9.17) is 0 Å². The number of pyridine rings is 1. The summed E-state index contributed by atoms with van der Waals surface area (Å²) in [5, 5.41) is 8.43. The molecule has 1 unspecified atom stereocenters. The van der Waals surface area contributed by atoms with Gasteiger partial charge in [0.05, 0.1) is 4.90 Å². The van der Waals surface area contributed by atoms with Crippen molar-refractivity contribution in [1.82, 2.24) is 20.1 Å². The molecule has 1 aliphatic heterocycles. The van der Waals surface area contributed by atoms with E-state index in [1.54, 1.807) is 24.3 Å². The van der Waals surface area contributed by atoms with Crippen LogP contribution in [0.1, 0.15) is 43.7 Å². The van der Waals surface area contributed by atoms with Crippen LogP contribution in [0.2, 0.25) is 0 Å². The van der Waals surface area contributed by atoms with Crippen molar-refractivity contribution < 1.29 is 8.42 Å². The van der Waals surface area contributed by atoms with Crippen molar-refractivity contribution >= 4 is 20.9 Å². The molecule has 0 radical (unpaired) electrons. The number of benzene rings is 2. The highest BCUT2D eigenvalue weighted by Crippen LogP contribution is 2.33. The average Bonchev–Trinajstić information content (AvgIpc) is 3.43. The Labute approximate surface area is 212 Å². The van der Waals surface area contributed by atoms with E-state index in [0.717, 1.165) is 46.7 Å². The first kappa shape index (κ1) is 23.4. The Morgan fingerprint density at radius 2 is 1.67 bits per heavy atom. The van der Waals surface area contributed by atoms with Gasteiger partial charge in [-0.3, -0.25) is 10.00 Å². The van der Waals surface area contributed by atoms with Gasteiger partial charge in [0, 0.05) is 41.0 Å². The van der Waals surface area contributed by atoms with Gasteiger partial charge in [-0.2, -0.15) is 5.10 Å². The minimum absolute atomic E-state index is 0.302. The average molecular weight is 501 g/mol. The lowest BCUT2D eigenvalue weighted by molar-refractivity contribution is 0.174. The van der Waals surface area contributed by atoms with E-state index in [0.29, 0.717) is 10.9 Å². The Balaban J connectivity index is 1.29. The topological polar surface area (TPSA) is 79.0 Å². The van der Waals surface area contributed by atoms with Gasteiger partial charge in [0.1, 0.15) is 5.69 Å². The fourth-order valence-electron chi connectivity index (χ4n) is 6.04. The molecule has 6 rings (SSSR count). The van der Waals surface area contributed by atoms with Crippen molar-refractivity contribution in [3.63, 3.8) is 0 Å². The summed E-state index contributed by atoms with van der Waals surface area (Å²) in [7, 11) is -3.24. The molecule has 7 heteroatoms. The Bertz CT molecular complexity index is 1520. The Morgan fingerprint density at radius 3 is 2.39 bits per heavy atom. The molecule has 2 aromatic heterocycles. The van der Waals surface area contributed by atoms with Crippen LogP contribution in [-0.4, -0.2) is 53.4 Å². The zero-order valence-corrected chi connectivity index (χ0v) is 21.7. The van der Waals surface area contributed by atoms with E-state index in [1.165, 1.54) is 55.2 Å². The summed E-state index contributed by atoms with van der Waals surface area (Å²) in [4.78, 5) is 7.69. The molecule has 36 heavy (non-hydrogen) atoms. The number of aryl methyl sites for hydroxylation is 2. The van der Waals surface area contributed by atoms with Crippen molar-refractivity contribution in [1.29, 1.82) is 0 Å². The van der Waals surface area contributed by atoms with Gasteiger partial charge in [-0.15, -0.1) is 0 Å². The molecule has 1 N–H and O–H groups in total. The van der Waals surface area contributed by atoms with Crippen LogP contribution >= 0.6 is 0 Å². The number of rotatable bonds is 4. The summed E-state index contributed by atoms with van der Waals surface area (Å²) in [6, 6.07) is 17.3. The Kier molecular flexibility index (Phi) is 5.92. The first-order valence-corrected chi connectivity index (χ1v) is 14.8. The number of hydrogen-bond acceptors (Lipinski definition) is 5. The summed E-state index contributed by atoms with van der Waals surface area (Å²) >= 11 is 0. The second kappa shape index (κ2) is 9.12. The van der Waals surface area contributed by atoms with Gasteiger partial charge in [-0.1, -0.05) is 30.3 Å². The molecule has 0 bridgehead atoms. The number of sulfone groups is 1. The highest BCUT2D eigenvalue weighted by Gasteiger charge is 2.29. The Morgan fingerprint density at radius 1 is 0.917 bits per heavy atom. The molecular formula is C29H32N4O2S. The van der Waals surface area contributed by atoms with E-state index in [2.05, 4.69) is 51.3 Å². The number of aromatic nitrogens is 3. The van der Waals surface area contributed by atoms with Crippen molar-refractivity contribution in [2.75, 3.05) is 12.8 Å². The van der Waals surface area contributed by atoms with Gasteiger partial charge in [0.25, 0.3) is 0 Å². The van der Waals surface area contributed by atoms with Crippen LogP contribution in [0.4, 0.5) is 0 Å². The maximum Gasteiger partial charge on any atom is 0.175 e. The van der Waals surface area contributed by atoms with Crippen LogP contribution in [0.5, 0.6) is 0 Å². The maximum absolute atomic E-state index is 11.8. The summed E-state index contributed by atoms with van der Waals surface area (Å²) in [6.07, 6.45) is 10.5. The lowest BCUT2D eigenvalue weighted by atomic mass is 9.96.